The number of nitrogens with one attached hydrogen (secondary N) is 1. The van der Waals surface area contributed by atoms with Gasteiger partial charge in [-0.05, 0) is 54.2 Å². The second-order valence-electron chi connectivity index (χ2n) is 6.98. The first-order valence-corrected chi connectivity index (χ1v) is 8.86. The van der Waals surface area contributed by atoms with E-state index in [0.717, 1.165) is 23.1 Å². The predicted octanol–water partition coefficient (Wildman–Crippen LogP) is 5.07. The molecule has 2 heteroatoms. The highest BCUT2D eigenvalue weighted by Crippen LogP contribution is 2.21. The van der Waals surface area contributed by atoms with Crippen LogP contribution in [0.2, 0.25) is 0 Å². The van der Waals surface area contributed by atoms with Gasteiger partial charge >= 0.3 is 0 Å². The van der Waals surface area contributed by atoms with Gasteiger partial charge in [0.15, 0.2) is 0 Å². The molecule has 1 N–H and O–H groups in total. The van der Waals surface area contributed by atoms with E-state index in [9.17, 15) is 4.79 Å². The molecule has 3 aromatic rings. The van der Waals surface area contributed by atoms with E-state index in [1.807, 2.05) is 32.0 Å². The maximum absolute atomic E-state index is 12.5. The summed E-state index contributed by atoms with van der Waals surface area (Å²) in [6.45, 7) is 6.85. The van der Waals surface area contributed by atoms with Gasteiger partial charge in [0.2, 0.25) is 0 Å². The van der Waals surface area contributed by atoms with Gasteiger partial charge < -0.3 is 5.32 Å². The Balaban J connectivity index is 1.65. The number of rotatable bonds is 5. The molecule has 0 bridgehead atoms. The van der Waals surface area contributed by atoms with Gasteiger partial charge in [0.1, 0.15) is 0 Å². The van der Waals surface area contributed by atoms with E-state index in [2.05, 4.69) is 54.7 Å². The van der Waals surface area contributed by atoms with Crippen LogP contribution < -0.4 is 5.32 Å². The van der Waals surface area contributed by atoms with Crippen molar-refractivity contribution in [3.63, 3.8) is 0 Å². The third-order valence-electron chi connectivity index (χ3n) is 4.70. The van der Waals surface area contributed by atoms with E-state index in [0.29, 0.717) is 12.5 Å². The third-order valence-corrected chi connectivity index (χ3v) is 4.70. The molecule has 0 aliphatic carbocycles. The van der Waals surface area contributed by atoms with E-state index in [1.165, 1.54) is 16.3 Å². The molecule has 0 spiro atoms. The van der Waals surface area contributed by atoms with Crippen molar-refractivity contribution in [2.45, 2.75) is 27.2 Å². The summed E-state index contributed by atoms with van der Waals surface area (Å²) >= 11 is 0. The molecule has 25 heavy (non-hydrogen) atoms. The minimum Gasteiger partial charge on any atom is -0.352 e. The summed E-state index contributed by atoms with van der Waals surface area (Å²) in [6.07, 6.45) is 0.953. The predicted molar refractivity (Wildman–Crippen MR) is 105 cm³/mol. The zero-order chi connectivity index (χ0) is 17.8. The quantitative estimate of drug-likeness (QED) is 0.695. The van der Waals surface area contributed by atoms with Crippen LogP contribution in [-0.4, -0.2) is 12.5 Å². The first-order valence-electron chi connectivity index (χ1n) is 8.86. The van der Waals surface area contributed by atoms with Crippen molar-refractivity contribution < 1.29 is 4.79 Å². The second kappa shape index (κ2) is 7.52. The van der Waals surface area contributed by atoms with Gasteiger partial charge in [-0.3, -0.25) is 4.79 Å². The molecule has 0 saturated carbocycles. The second-order valence-corrected chi connectivity index (χ2v) is 6.98. The molecular weight excluding hydrogens is 306 g/mol. The molecule has 1 unspecified atom stereocenters. The maximum Gasteiger partial charge on any atom is 0.251 e. The topological polar surface area (TPSA) is 29.1 Å². The average molecular weight is 331 g/mol. The number of hydrogen-bond acceptors (Lipinski definition) is 1. The van der Waals surface area contributed by atoms with Crippen molar-refractivity contribution >= 4 is 16.7 Å². The molecule has 0 aromatic heterocycles. The Morgan fingerprint density at radius 1 is 1.00 bits per heavy atom. The van der Waals surface area contributed by atoms with Crippen LogP contribution >= 0.6 is 0 Å². The number of carbonyl (C=O) groups excluding carboxylic acids is 1. The van der Waals surface area contributed by atoms with Crippen LogP contribution in [0.4, 0.5) is 0 Å². The highest BCUT2D eigenvalue weighted by molar-refractivity contribution is 5.95. The third kappa shape index (κ3) is 4.08. The molecule has 0 aliphatic heterocycles. The SMILES string of the molecule is Cc1ccc(C)c(C(=O)NCC(C)Cc2cccc3ccccc23)c1. The van der Waals surface area contributed by atoms with Gasteiger partial charge in [-0.15, -0.1) is 0 Å². The maximum atomic E-state index is 12.5. The zero-order valence-electron chi connectivity index (χ0n) is 15.2. The highest BCUT2D eigenvalue weighted by atomic mass is 16.1. The number of carbonyl (C=O) groups is 1. The van der Waals surface area contributed by atoms with Crippen molar-refractivity contribution in [2.75, 3.05) is 6.54 Å². The van der Waals surface area contributed by atoms with Gasteiger partial charge in [0.25, 0.3) is 5.91 Å². The highest BCUT2D eigenvalue weighted by Gasteiger charge is 2.12. The van der Waals surface area contributed by atoms with Crippen LogP contribution in [0.15, 0.2) is 60.7 Å². The Labute approximate surface area is 149 Å². The number of benzene rings is 3. The lowest BCUT2D eigenvalue weighted by molar-refractivity contribution is 0.0947. The van der Waals surface area contributed by atoms with E-state index >= 15 is 0 Å². The summed E-state index contributed by atoms with van der Waals surface area (Å²) in [6, 6.07) is 20.9. The van der Waals surface area contributed by atoms with Crippen LogP contribution in [0, 0.1) is 19.8 Å². The van der Waals surface area contributed by atoms with Crippen molar-refractivity contribution in [3.05, 3.63) is 82.9 Å². The molecular formula is C23H25NO. The Kier molecular flexibility index (Phi) is 5.18. The summed E-state index contributed by atoms with van der Waals surface area (Å²) < 4.78 is 0. The molecule has 3 rings (SSSR count). The Morgan fingerprint density at radius 2 is 1.76 bits per heavy atom. The Bertz CT molecular complexity index is 892. The van der Waals surface area contributed by atoms with Gasteiger partial charge in [0.05, 0.1) is 0 Å². The van der Waals surface area contributed by atoms with Gasteiger partial charge in [0, 0.05) is 12.1 Å². The molecule has 1 atom stereocenters. The van der Waals surface area contributed by atoms with E-state index in [-0.39, 0.29) is 5.91 Å². The summed E-state index contributed by atoms with van der Waals surface area (Å²) in [5.74, 6) is 0.394. The standard InChI is InChI=1S/C23H25NO/c1-16-11-12-18(3)22(14-16)23(25)24-15-17(2)13-20-9-6-8-19-7-4-5-10-21(19)20/h4-12,14,17H,13,15H2,1-3H3,(H,24,25). The van der Waals surface area contributed by atoms with Crippen LogP contribution in [0.3, 0.4) is 0 Å². The fourth-order valence-electron chi connectivity index (χ4n) is 3.26. The van der Waals surface area contributed by atoms with Gasteiger partial charge in [-0.1, -0.05) is 67.1 Å². The Morgan fingerprint density at radius 3 is 2.60 bits per heavy atom. The smallest absolute Gasteiger partial charge is 0.251 e. The van der Waals surface area contributed by atoms with Crippen molar-refractivity contribution in [1.29, 1.82) is 0 Å². The molecule has 0 radical (unpaired) electrons. The molecule has 0 aliphatic rings. The lowest BCUT2D eigenvalue weighted by Gasteiger charge is -2.15. The minimum atomic E-state index is 0.0194. The van der Waals surface area contributed by atoms with Crippen molar-refractivity contribution in [2.24, 2.45) is 5.92 Å². The monoisotopic (exact) mass is 331 g/mol. The molecule has 0 fully saturated rings. The lowest BCUT2D eigenvalue weighted by Crippen LogP contribution is -2.29. The van der Waals surface area contributed by atoms with Gasteiger partial charge in [-0.25, -0.2) is 0 Å². The fourth-order valence-corrected chi connectivity index (χ4v) is 3.26. The Hall–Kier alpha value is -2.61. The minimum absolute atomic E-state index is 0.0194. The molecule has 128 valence electrons. The number of fused-ring (bicyclic) bond motifs is 1. The van der Waals surface area contributed by atoms with E-state index < -0.39 is 0 Å². The summed E-state index contributed by atoms with van der Waals surface area (Å²) in [5.41, 5.74) is 4.24. The van der Waals surface area contributed by atoms with Crippen LogP contribution in [0.1, 0.15) is 34.0 Å². The van der Waals surface area contributed by atoms with E-state index in [4.69, 9.17) is 0 Å². The normalized spacial score (nSPS) is 12.1. The molecule has 3 aromatic carbocycles. The summed E-state index contributed by atoms with van der Waals surface area (Å²) in [5, 5.41) is 5.67. The van der Waals surface area contributed by atoms with Crippen molar-refractivity contribution in [1.82, 2.24) is 5.32 Å². The van der Waals surface area contributed by atoms with Crippen LogP contribution in [-0.2, 0) is 6.42 Å². The van der Waals surface area contributed by atoms with Crippen LogP contribution in [0.5, 0.6) is 0 Å². The average Bonchev–Trinajstić information content (AvgIpc) is 2.62. The number of amides is 1. The molecule has 1 amide bonds. The first-order chi connectivity index (χ1) is 12.0. The largest absolute Gasteiger partial charge is 0.352 e. The first kappa shape index (κ1) is 17.2. The van der Waals surface area contributed by atoms with Crippen LogP contribution in [0.25, 0.3) is 10.8 Å². The molecule has 2 nitrogen and oxygen atoms in total. The summed E-state index contributed by atoms with van der Waals surface area (Å²) in [7, 11) is 0. The number of hydrogen-bond donors (Lipinski definition) is 1. The lowest BCUT2D eigenvalue weighted by atomic mass is 9.96. The van der Waals surface area contributed by atoms with Crippen molar-refractivity contribution in [3.8, 4) is 0 Å². The molecule has 0 saturated heterocycles. The summed E-state index contributed by atoms with van der Waals surface area (Å²) in [4.78, 5) is 12.5. The zero-order valence-corrected chi connectivity index (χ0v) is 15.2. The molecule has 0 heterocycles. The van der Waals surface area contributed by atoms with E-state index in [1.54, 1.807) is 0 Å². The fraction of sp³-hybridized carbons (Fsp3) is 0.261. The number of aryl methyl sites for hydroxylation is 2. The van der Waals surface area contributed by atoms with Gasteiger partial charge in [-0.2, -0.15) is 0 Å².